The summed E-state index contributed by atoms with van der Waals surface area (Å²) in [5.41, 5.74) is 7.47. The normalized spacial score (nSPS) is 24.5. The van der Waals surface area contributed by atoms with Gasteiger partial charge in [-0.3, -0.25) is 9.78 Å². The first-order chi connectivity index (χ1) is 20.2. The molecule has 1 saturated carbocycles. The highest BCUT2D eigenvalue weighted by molar-refractivity contribution is 6.74. The lowest BCUT2D eigenvalue weighted by atomic mass is 9.68. The van der Waals surface area contributed by atoms with Crippen LogP contribution in [0.4, 0.5) is 0 Å². The molecule has 5 rings (SSSR count). The van der Waals surface area contributed by atoms with E-state index in [1.165, 1.54) is 29.2 Å². The maximum atomic E-state index is 12.6. The number of carbonyl (C=O) groups is 1. The fourth-order valence-corrected chi connectivity index (χ4v) is 8.76. The molecule has 1 aromatic heterocycles. The van der Waals surface area contributed by atoms with Crippen molar-refractivity contribution in [1.82, 2.24) is 4.98 Å². The first kappa shape index (κ1) is 33.3. The van der Waals surface area contributed by atoms with Crippen molar-refractivity contribution in [2.24, 2.45) is 5.41 Å². The molecule has 0 unspecified atom stereocenters. The van der Waals surface area contributed by atoms with Crippen molar-refractivity contribution in [2.45, 2.75) is 162 Å². The molecule has 44 heavy (non-hydrogen) atoms. The van der Waals surface area contributed by atoms with E-state index in [0.717, 1.165) is 49.1 Å². The third-order valence-electron chi connectivity index (χ3n) is 10.9. The maximum absolute atomic E-state index is 12.6. The van der Waals surface area contributed by atoms with Crippen LogP contribution < -0.4 is 0 Å². The second-order valence-electron chi connectivity index (χ2n) is 17.4. The van der Waals surface area contributed by atoms with Crippen molar-refractivity contribution in [3.63, 3.8) is 0 Å². The predicted octanol–water partition coefficient (Wildman–Crippen LogP) is 10.5. The second-order valence-corrected chi connectivity index (χ2v) is 22.1. The summed E-state index contributed by atoms with van der Waals surface area (Å²) in [4.78, 5) is 18.1. The molecule has 1 fully saturated rings. The summed E-state index contributed by atoms with van der Waals surface area (Å²) in [5.74, 6) is -0.0943. The number of carbonyl (C=O) groups excluding carboxylic acids is 1. The predicted molar refractivity (Wildman–Crippen MR) is 180 cm³/mol. The minimum Gasteiger partial charge on any atom is -0.455 e. The number of benzene rings is 1. The summed E-state index contributed by atoms with van der Waals surface area (Å²) >= 11 is 0. The van der Waals surface area contributed by atoms with Crippen molar-refractivity contribution in [3.8, 4) is 0 Å². The quantitative estimate of drug-likeness (QED) is 0.246. The Kier molecular flexibility index (Phi) is 8.38. The van der Waals surface area contributed by atoms with Crippen LogP contribution in [0.15, 0.2) is 24.3 Å². The molecule has 2 aliphatic carbocycles. The van der Waals surface area contributed by atoms with Crippen LogP contribution in [0.5, 0.6) is 0 Å². The zero-order chi connectivity index (χ0) is 32.6. The fourth-order valence-electron chi connectivity index (χ4n) is 7.49. The molecule has 1 aliphatic heterocycles. The van der Waals surface area contributed by atoms with E-state index in [1.807, 2.05) is 0 Å². The van der Waals surface area contributed by atoms with Gasteiger partial charge < -0.3 is 13.9 Å². The highest BCUT2D eigenvalue weighted by Gasteiger charge is 2.56. The standard InChI is InChI=1S/C38H57NO4Si/c1-23(2)31-29-30(38(20-14-15-21-38)42-33(29)25-16-18-26(19-17-25)35(4,5)6)28-27(43-44(12,13)36(7,8)9)22-37(10,11)34(32(28)39-31)41-24(3)40/h16-19,23,27,33-34H,14-15,20-22H2,1-13H3/t27-,33+,34-/m0/s1. The lowest BCUT2D eigenvalue weighted by Gasteiger charge is -2.48. The zero-order valence-corrected chi connectivity index (χ0v) is 30.7. The number of hydrogen-bond donors (Lipinski definition) is 0. The monoisotopic (exact) mass is 619 g/mol. The van der Waals surface area contributed by atoms with Crippen LogP contribution in [-0.2, 0) is 29.7 Å². The molecule has 0 saturated heterocycles. The average Bonchev–Trinajstić information content (AvgIpc) is 3.49. The molecule has 1 spiro atoms. The topological polar surface area (TPSA) is 57.7 Å². The Morgan fingerprint density at radius 1 is 1.00 bits per heavy atom. The summed E-state index contributed by atoms with van der Waals surface area (Å²) in [6.45, 7) is 28.8. The molecule has 0 bridgehead atoms. The summed E-state index contributed by atoms with van der Waals surface area (Å²) in [5, 5.41) is 0.0530. The Morgan fingerprint density at radius 3 is 2.09 bits per heavy atom. The van der Waals surface area contributed by atoms with Crippen LogP contribution in [0.1, 0.15) is 172 Å². The summed E-state index contributed by atoms with van der Waals surface area (Å²) in [6.07, 6.45) is 4.23. The second kappa shape index (κ2) is 11.1. The molecule has 0 radical (unpaired) electrons. The van der Waals surface area contributed by atoms with Gasteiger partial charge in [-0.2, -0.15) is 0 Å². The first-order valence-corrected chi connectivity index (χ1v) is 19.8. The van der Waals surface area contributed by atoms with Crippen LogP contribution in [0.3, 0.4) is 0 Å². The highest BCUT2D eigenvalue weighted by Crippen LogP contribution is 2.62. The van der Waals surface area contributed by atoms with Gasteiger partial charge in [0, 0.05) is 29.2 Å². The molecule has 242 valence electrons. The van der Waals surface area contributed by atoms with E-state index in [2.05, 4.69) is 107 Å². The van der Waals surface area contributed by atoms with E-state index in [1.54, 1.807) is 0 Å². The van der Waals surface area contributed by atoms with Crippen molar-refractivity contribution >= 4 is 14.3 Å². The number of nitrogens with zero attached hydrogens (tertiary/aromatic N) is 1. The van der Waals surface area contributed by atoms with Gasteiger partial charge in [0.25, 0.3) is 0 Å². The summed E-state index contributed by atoms with van der Waals surface area (Å²) < 4.78 is 20.9. The molecule has 2 aromatic rings. The number of rotatable bonds is 5. The van der Waals surface area contributed by atoms with Crippen LogP contribution in [-0.4, -0.2) is 19.3 Å². The van der Waals surface area contributed by atoms with Gasteiger partial charge >= 0.3 is 5.97 Å². The Balaban J connectivity index is 1.82. The Morgan fingerprint density at radius 2 is 1.59 bits per heavy atom. The van der Waals surface area contributed by atoms with E-state index in [9.17, 15) is 4.79 Å². The van der Waals surface area contributed by atoms with Crippen LogP contribution in [0, 0.1) is 5.41 Å². The van der Waals surface area contributed by atoms with Gasteiger partial charge in [0.15, 0.2) is 8.32 Å². The molecule has 3 atom stereocenters. The molecule has 5 nitrogen and oxygen atoms in total. The highest BCUT2D eigenvalue weighted by atomic mass is 28.4. The third-order valence-corrected chi connectivity index (χ3v) is 15.4. The average molecular weight is 620 g/mol. The van der Waals surface area contributed by atoms with E-state index >= 15 is 0 Å². The molecular weight excluding hydrogens is 563 g/mol. The van der Waals surface area contributed by atoms with E-state index in [-0.39, 0.29) is 40.0 Å². The van der Waals surface area contributed by atoms with Crippen molar-refractivity contribution in [2.75, 3.05) is 0 Å². The summed E-state index contributed by atoms with van der Waals surface area (Å²) in [7, 11) is -2.18. The Bertz CT molecular complexity index is 1400. The number of esters is 1. The van der Waals surface area contributed by atoms with E-state index < -0.39 is 20.0 Å². The minimum atomic E-state index is -2.18. The van der Waals surface area contributed by atoms with Gasteiger partial charge in [-0.25, -0.2) is 0 Å². The van der Waals surface area contributed by atoms with Gasteiger partial charge in [0.1, 0.15) is 12.2 Å². The molecule has 2 heterocycles. The van der Waals surface area contributed by atoms with Gasteiger partial charge in [-0.15, -0.1) is 0 Å². The minimum absolute atomic E-state index is 0.0530. The van der Waals surface area contributed by atoms with E-state index in [0.29, 0.717) is 0 Å². The maximum Gasteiger partial charge on any atom is 0.303 e. The van der Waals surface area contributed by atoms with Crippen molar-refractivity contribution in [1.29, 1.82) is 0 Å². The smallest absolute Gasteiger partial charge is 0.303 e. The molecular formula is C38H57NO4Si. The third kappa shape index (κ3) is 5.73. The lowest BCUT2D eigenvalue weighted by molar-refractivity contribution is -0.156. The van der Waals surface area contributed by atoms with Crippen molar-refractivity contribution < 1.29 is 18.7 Å². The van der Waals surface area contributed by atoms with Gasteiger partial charge in [0.05, 0.1) is 17.4 Å². The molecule has 1 aromatic carbocycles. The number of ether oxygens (including phenoxy) is 2. The SMILES string of the molecule is CC(=O)O[C@H]1c2nc(C(C)C)c3c(c2[C@@H](O[Si](C)(C)C(C)(C)C)CC1(C)C)C1(CCCC1)O[C@@H]3c1ccc(C(C)(C)C)cc1. The van der Waals surface area contributed by atoms with Crippen LogP contribution in [0.25, 0.3) is 0 Å². The van der Waals surface area contributed by atoms with Gasteiger partial charge in [-0.1, -0.05) is 106 Å². The fraction of sp³-hybridized carbons (Fsp3) is 0.684. The molecule has 6 heteroatoms. The number of fused-ring (bicyclic) bond motifs is 4. The Labute approximate surface area is 268 Å². The number of aromatic nitrogens is 1. The first-order valence-electron chi connectivity index (χ1n) is 16.9. The zero-order valence-electron chi connectivity index (χ0n) is 29.7. The number of pyridine rings is 1. The summed E-state index contributed by atoms with van der Waals surface area (Å²) in [6, 6.07) is 9.06. The number of hydrogen-bond acceptors (Lipinski definition) is 5. The van der Waals surface area contributed by atoms with Crippen LogP contribution in [0.2, 0.25) is 18.1 Å². The van der Waals surface area contributed by atoms with Crippen molar-refractivity contribution in [3.05, 3.63) is 63.5 Å². The lowest BCUT2D eigenvalue weighted by Crippen LogP contribution is -2.45. The Hall–Kier alpha value is -2.02. The molecule has 0 N–H and O–H groups in total. The largest absolute Gasteiger partial charge is 0.455 e. The molecule has 0 amide bonds. The molecule has 3 aliphatic rings. The van der Waals surface area contributed by atoms with Gasteiger partial charge in [0.2, 0.25) is 0 Å². The van der Waals surface area contributed by atoms with Gasteiger partial charge in [-0.05, 0) is 65.4 Å². The van der Waals surface area contributed by atoms with E-state index in [4.69, 9.17) is 18.9 Å². The van der Waals surface area contributed by atoms with Crippen LogP contribution >= 0.6 is 0 Å².